The highest BCUT2D eigenvalue weighted by Gasteiger charge is 2.23. The molecule has 1 aromatic carbocycles. The van der Waals surface area contributed by atoms with Crippen molar-refractivity contribution in [2.24, 2.45) is 0 Å². The number of phenolic OH excluding ortho intramolecular Hbond substituents is 1. The van der Waals surface area contributed by atoms with E-state index in [1.165, 1.54) is 31.2 Å². The lowest BCUT2D eigenvalue weighted by Gasteiger charge is -2.26. The van der Waals surface area contributed by atoms with Crippen molar-refractivity contribution in [3.05, 3.63) is 29.3 Å². The summed E-state index contributed by atoms with van der Waals surface area (Å²) in [6, 6.07) is 5.90. The van der Waals surface area contributed by atoms with Gasteiger partial charge >= 0.3 is 0 Å². The number of aromatic hydroxyl groups is 1. The molecule has 1 rings (SSSR count). The van der Waals surface area contributed by atoms with E-state index in [2.05, 4.69) is 33.8 Å². The number of aryl methyl sites for hydroxylation is 1. The van der Waals surface area contributed by atoms with Crippen molar-refractivity contribution in [3.8, 4) is 5.75 Å². The van der Waals surface area contributed by atoms with Gasteiger partial charge in [-0.3, -0.25) is 0 Å². The molecular weight excluding hydrogens is 208 g/mol. The molecule has 0 saturated carbocycles. The van der Waals surface area contributed by atoms with E-state index >= 15 is 0 Å². The Morgan fingerprint density at radius 1 is 1.12 bits per heavy atom. The second-order valence-corrected chi connectivity index (χ2v) is 5.72. The molecule has 0 aromatic heterocycles. The summed E-state index contributed by atoms with van der Waals surface area (Å²) in [7, 11) is 0. The molecule has 96 valence electrons. The number of hydrogen-bond donors (Lipinski definition) is 1. The van der Waals surface area contributed by atoms with E-state index in [9.17, 15) is 5.11 Å². The molecule has 0 aliphatic carbocycles. The average Bonchev–Trinajstić information content (AvgIpc) is 2.28. The summed E-state index contributed by atoms with van der Waals surface area (Å²) in [4.78, 5) is 0. The lowest BCUT2D eigenvalue weighted by molar-refractivity contribution is 0.406. The summed E-state index contributed by atoms with van der Waals surface area (Å²) in [6.45, 7) is 8.77. The molecule has 1 N–H and O–H groups in total. The monoisotopic (exact) mass is 234 g/mol. The van der Waals surface area contributed by atoms with Crippen LogP contribution < -0.4 is 0 Å². The molecule has 0 heterocycles. The average molecular weight is 234 g/mol. The molecule has 0 atom stereocenters. The minimum Gasteiger partial charge on any atom is -0.508 e. The Bertz CT molecular complexity index is 353. The minimum absolute atomic E-state index is 0.0733. The Hall–Kier alpha value is -0.980. The van der Waals surface area contributed by atoms with Crippen LogP contribution in [0.15, 0.2) is 18.2 Å². The maximum atomic E-state index is 9.97. The number of rotatable bonds is 6. The van der Waals surface area contributed by atoms with E-state index in [0.717, 1.165) is 12.0 Å². The first-order chi connectivity index (χ1) is 7.97. The van der Waals surface area contributed by atoms with Gasteiger partial charge in [-0.2, -0.15) is 0 Å². The van der Waals surface area contributed by atoms with E-state index in [0.29, 0.717) is 5.75 Å². The molecule has 0 saturated heterocycles. The zero-order valence-corrected chi connectivity index (χ0v) is 11.7. The van der Waals surface area contributed by atoms with Crippen molar-refractivity contribution in [3.63, 3.8) is 0 Å². The first-order valence-corrected chi connectivity index (χ1v) is 6.77. The van der Waals surface area contributed by atoms with Gasteiger partial charge in [0.2, 0.25) is 0 Å². The van der Waals surface area contributed by atoms with E-state index in [-0.39, 0.29) is 5.41 Å². The first-order valence-electron chi connectivity index (χ1n) is 6.77. The summed E-state index contributed by atoms with van der Waals surface area (Å²) in [5, 5.41) is 9.97. The summed E-state index contributed by atoms with van der Waals surface area (Å²) < 4.78 is 0. The van der Waals surface area contributed by atoms with Crippen LogP contribution in [0.4, 0.5) is 0 Å². The summed E-state index contributed by atoms with van der Waals surface area (Å²) in [5.74, 6) is 0.441. The van der Waals surface area contributed by atoms with Crippen molar-refractivity contribution in [1.82, 2.24) is 0 Å². The smallest absolute Gasteiger partial charge is 0.119 e. The van der Waals surface area contributed by atoms with Gasteiger partial charge in [0.05, 0.1) is 0 Å². The van der Waals surface area contributed by atoms with Crippen LogP contribution in [0.25, 0.3) is 0 Å². The molecule has 0 unspecified atom stereocenters. The van der Waals surface area contributed by atoms with Crippen LogP contribution in [0.3, 0.4) is 0 Å². The fourth-order valence-corrected chi connectivity index (χ4v) is 2.32. The molecule has 1 heteroatoms. The largest absolute Gasteiger partial charge is 0.508 e. The summed E-state index contributed by atoms with van der Waals surface area (Å²) in [6.07, 6.45) is 6.27. The standard InChI is InChI=1S/C16H26O/c1-5-6-7-8-11-16(3,4)14-12-13(2)9-10-15(14)17/h9-10,12,17H,5-8,11H2,1-4H3. The Balaban J connectivity index is 2.71. The molecule has 0 bridgehead atoms. The highest BCUT2D eigenvalue weighted by Crippen LogP contribution is 2.35. The fraction of sp³-hybridized carbons (Fsp3) is 0.625. The number of phenols is 1. The van der Waals surface area contributed by atoms with Gasteiger partial charge in [0.15, 0.2) is 0 Å². The van der Waals surface area contributed by atoms with Crippen LogP contribution >= 0.6 is 0 Å². The minimum atomic E-state index is 0.0733. The van der Waals surface area contributed by atoms with Crippen molar-refractivity contribution >= 4 is 0 Å². The second kappa shape index (κ2) is 6.09. The maximum absolute atomic E-state index is 9.97. The Morgan fingerprint density at radius 2 is 1.82 bits per heavy atom. The van der Waals surface area contributed by atoms with Gasteiger partial charge < -0.3 is 5.11 Å². The van der Waals surface area contributed by atoms with Gasteiger partial charge in [-0.05, 0) is 30.4 Å². The second-order valence-electron chi connectivity index (χ2n) is 5.72. The molecule has 1 nitrogen and oxygen atoms in total. The molecule has 0 aliphatic heterocycles. The maximum Gasteiger partial charge on any atom is 0.119 e. The van der Waals surface area contributed by atoms with E-state index in [1.807, 2.05) is 12.1 Å². The fourth-order valence-electron chi connectivity index (χ4n) is 2.32. The van der Waals surface area contributed by atoms with Crippen molar-refractivity contribution in [2.45, 2.75) is 65.2 Å². The quantitative estimate of drug-likeness (QED) is 0.690. The van der Waals surface area contributed by atoms with E-state index in [1.54, 1.807) is 0 Å². The summed E-state index contributed by atoms with van der Waals surface area (Å²) >= 11 is 0. The third-order valence-electron chi connectivity index (χ3n) is 3.54. The SMILES string of the molecule is CCCCCCC(C)(C)c1cc(C)ccc1O. The third-order valence-corrected chi connectivity index (χ3v) is 3.54. The van der Waals surface area contributed by atoms with Gasteiger partial charge in [0, 0.05) is 0 Å². The van der Waals surface area contributed by atoms with Crippen LogP contribution in [0.1, 0.15) is 64.0 Å². The Morgan fingerprint density at radius 3 is 2.47 bits per heavy atom. The highest BCUT2D eigenvalue weighted by atomic mass is 16.3. The zero-order chi connectivity index (χ0) is 12.9. The molecule has 0 amide bonds. The number of hydrogen-bond acceptors (Lipinski definition) is 1. The first kappa shape index (κ1) is 14.1. The van der Waals surface area contributed by atoms with Gasteiger partial charge in [-0.25, -0.2) is 0 Å². The normalized spacial score (nSPS) is 11.8. The topological polar surface area (TPSA) is 20.2 Å². The van der Waals surface area contributed by atoms with Crippen LogP contribution in [-0.4, -0.2) is 5.11 Å². The van der Waals surface area contributed by atoms with Gasteiger partial charge in [-0.15, -0.1) is 0 Å². The lowest BCUT2D eigenvalue weighted by atomic mass is 9.79. The molecule has 17 heavy (non-hydrogen) atoms. The van der Waals surface area contributed by atoms with Crippen LogP contribution in [-0.2, 0) is 5.41 Å². The lowest BCUT2D eigenvalue weighted by Crippen LogP contribution is -2.17. The molecular formula is C16H26O. The third kappa shape index (κ3) is 4.07. The van der Waals surface area contributed by atoms with E-state index < -0.39 is 0 Å². The number of unbranched alkanes of at least 4 members (excludes halogenated alkanes) is 3. The predicted octanol–water partition coefficient (Wildman–Crippen LogP) is 4.95. The molecule has 0 aliphatic rings. The predicted molar refractivity (Wildman–Crippen MR) is 74.6 cm³/mol. The molecule has 0 radical (unpaired) electrons. The van der Waals surface area contributed by atoms with Crippen LogP contribution in [0.5, 0.6) is 5.75 Å². The van der Waals surface area contributed by atoms with Crippen molar-refractivity contribution in [1.29, 1.82) is 0 Å². The Labute approximate surface area is 106 Å². The molecule has 0 spiro atoms. The van der Waals surface area contributed by atoms with Gasteiger partial charge in [-0.1, -0.05) is 64.2 Å². The number of benzene rings is 1. The van der Waals surface area contributed by atoms with E-state index in [4.69, 9.17) is 0 Å². The molecule has 0 fully saturated rings. The van der Waals surface area contributed by atoms with Gasteiger partial charge in [0.25, 0.3) is 0 Å². The van der Waals surface area contributed by atoms with Crippen LogP contribution in [0, 0.1) is 6.92 Å². The Kier molecular flexibility index (Phi) is 5.04. The summed E-state index contributed by atoms with van der Waals surface area (Å²) in [5.41, 5.74) is 2.39. The highest BCUT2D eigenvalue weighted by molar-refractivity contribution is 5.40. The van der Waals surface area contributed by atoms with Crippen molar-refractivity contribution < 1.29 is 5.11 Å². The van der Waals surface area contributed by atoms with Crippen LogP contribution in [0.2, 0.25) is 0 Å². The van der Waals surface area contributed by atoms with Gasteiger partial charge in [0.1, 0.15) is 5.75 Å². The zero-order valence-electron chi connectivity index (χ0n) is 11.7. The molecule has 1 aromatic rings. The van der Waals surface area contributed by atoms with Crippen molar-refractivity contribution in [2.75, 3.05) is 0 Å².